The summed E-state index contributed by atoms with van der Waals surface area (Å²) in [7, 11) is -3.17. The number of aromatic nitrogens is 2. The molecule has 0 unspecified atom stereocenters. The first-order valence-corrected chi connectivity index (χ1v) is 10.3. The zero-order valence-electron chi connectivity index (χ0n) is 13.7. The van der Waals surface area contributed by atoms with E-state index >= 15 is 0 Å². The van der Waals surface area contributed by atoms with Crippen LogP contribution in [0.15, 0.2) is 30.3 Å². The third-order valence-electron chi connectivity index (χ3n) is 3.71. The van der Waals surface area contributed by atoms with Gasteiger partial charge in [-0.1, -0.05) is 30.4 Å². The Morgan fingerprint density at radius 3 is 2.68 bits per heavy atom. The number of hydrogen-bond donors (Lipinski definition) is 1. The van der Waals surface area contributed by atoms with Crippen molar-refractivity contribution in [2.75, 3.05) is 21.9 Å². The van der Waals surface area contributed by atoms with Crippen molar-refractivity contribution in [3.05, 3.63) is 40.9 Å². The Morgan fingerprint density at radius 1 is 1.32 bits per heavy atom. The highest BCUT2D eigenvalue weighted by Gasteiger charge is 2.28. The predicted molar refractivity (Wildman–Crippen MR) is 99.1 cm³/mol. The van der Waals surface area contributed by atoms with Crippen LogP contribution < -0.4 is 9.62 Å². The van der Waals surface area contributed by atoms with Crippen molar-refractivity contribution < 1.29 is 13.2 Å². The van der Waals surface area contributed by atoms with Crippen LogP contribution in [0.4, 0.5) is 10.8 Å². The summed E-state index contributed by atoms with van der Waals surface area (Å²) in [6, 6.07) is 7.07. The van der Waals surface area contributed by atoms with Gasteiger partial charge in [0.2, 0.25) is 21.1 Å². The highest BCUT2D eigenvalue weighted by Crippen LogP contribution is 2.24. The van der Waals surface area contributed by atoms with Crippen LogP contribution in [0.2, 0.25) is 0 Å². The minimum Gasteiger partial charge on any atom is -0.297 e. The molecule has 132 valence electrons. The Kier molecular flexibility index (Phi) is 5.14. The van der Waals surface area contributed by atoms with E-state index in [1.165, 1.54) is 21.7 Å². The number of amides is 1. The van der Waals surface area contributed by atoms with Crippen molar-refractivity contribution in [3.8, 4) is 0 Å². The molecular formula is C16H18N4O3S2. The maximum atomic E-state index is 11.9. The third-order valence-corrected chi connectivity index (χ3v) is 6.56. The van der Waals surface area contributed by atoms with Crippen LogP contribution in [0, 0.1) is 0 Å². The van der Waals surface area contributed by atoms with Crippen molar-refractivity contribution in [1.29, 1.82) is 0 Å². The number of nitrogens with zero attached hydrogens (tertiary/aromatic N) is 3. The van der Waals surface area contributed by atoms with Gasteiger partial charge in [0.05, 0.1) is 11.4 Å². The van der Waals surface area contributed by atoms with Gasteiger partial charge in [0.25, 0.3) is 0 Å². The zero-order valence-corrected chi connectivity index (χ0v) is 15.3. The average Bonchev–Trinajstić information content (AvgIpc) is 3.19. The molecule has 3 rings (SSSR count). The first-order valence-electron chi connectivity index (χ1n) is 7.90. The van der Waals surface area contributed by atoms with Crippen molar-refractivity contribution in [2.24, 2.45) is 0 Å². The fourth-order valence-corrected chi connectivity index (χ4v) is 4.69. The summed E-state index contributed by atoms with van der Waals surface area (Å²) < 4.78 is 25.2. The molecule has 0 saturated carbocycles. The zero-order chi connectivity index (χ0) is 17.9. The van der Waals surface area contributed by atoms with E-state index in [4.69, 9.17) is 0 Å². The minimum atomic E-state index is -3.17. The smallest absolute Gasteiger partial charge is 0.250 e. The molecule has 1 aliphatic rings. The summed E-state index contributed by atoms with van der Waals surface area (Å²) >= 11 is 1.35. The van der Waals surface area contributed by atoms with Crippen molar-refractivity contribution in [3.63, 3.8) is 0 Å². The molecule has 1 N–H and O–H groups in total. The maximum absolute atomic E-state index is 11.9. The summed E-state index contributed by atoms with van der Waals surface area (Å²) in [5.74, 6) is -0.0924. The lowest BCUT2D eigenvalue weighted by Gasteiger charge is -2.16. The van der Waals surface area contributed by atoms with E-state index in [0.29, 0.717) is 23.8 Å². The van der Waals surface area contributed by atoms with E-state index in [1.54, 1.807) is 30.3 Å². The van der Waals surface area contributed by atoms with E-state index < -0.39 is 10.0 Å². The van der Waals surface area contributed by atoms with E-state index in [2.05, 4.69) is 15.5 Å². The molecule has 0 radical (unpaired) electrons. The van der Waals surface area contributed by atoms with Gasteiger partial charge in [-0.15, -0.1) is 10.2 Å². The first-order chi connectivity index (χ1) is 12.0. The van der Waals surface area contributed by atoms with Crippen molar-refractivity contribution in [1.82, 2.24) is 10.2 Å². The summed E-state index contributed by atoms with van der Waals surface area (Å²) in [5.41, 5.74) is 1.46. The molecule has 0 spiro atoms. The van der Waals surface area contributed by atoms with Gasteiger partial charge in [0.15, 0.2) is 0 Å². The number of nitrogens with one attached hydrogen (secondary N) is 1. The Morgan fingerprint density at radius 2 is 2.08 bits per heavy atom. The molecular weight excluding hydrogens is 360 g/mol. The molecule has 25 heavy (non-hydrogen) atoms. The lowest BCUT2D eigenvalue weighted by Crippen LogP contribution is -2.24. The van der Waals surface area contributed by atoms with Gasteiger partial charge in [-0.25, -0.2) is 8.42 Å². The summed E-state index contributed by atoms with van der Waals surface area (Å²) in [4.78, 5) is 11.9. The fourth-order valence-electron chi connectivity index (χ4n) is 2.45. The number of rotatable bonds is 5. The largest absolute Gasteiger partial charge is 0.297 e. The van der Waals surface area contributed by atoms with Crippen LogP contribution in [0.5, 0.6) is 0 Å². The fraction of sp³-hybridized carbons (Fsp3) is 0.312. The van der Waals surface area contributed by atoms with Crippen LogP contribution >= 0.6 is 11.3 Å². The Bertz CT molecular complexity index is 888. The van der Waals surface area contributed by atoms with Crippen molar-refractivity contribution in [2.45, 2.75) is 19.8 Å². The first kappa shape index (κ1) is 17.6. The second kappa shape index (κ2) is 7.32. The summed E-state index contributed by atoms with van der Waals surface area (Å²) in [6.07, 6.45) is 4.51. The van der Waals surface area contributed by atoms with Gasteiger partial charge in [-0.2, -0.15) is 0 Å². The molecule has 1 amide bonds. The van der Waals surface area contributed by atoms with Gasteiger partial charge >= 0.3 is 0 Å². The minimum absolute atomic E-state index is 0.195. The van der Waals surface area contributed by atoms with E-state index in [-0.39, 0.29) is 11.7 Å². The highest BCUT2D eigenvalue weighted by atomic mass is 32.2. The van der Waals surface area contributed by atoms with Gasteiger partial charge in [-0.05, 0) is 36.6 Å². The molecule has 1 aromatic carbocycles. The predicted octanol–water partition coefficient (Wildman–Crippen LogP) is 2.29. The molecule has 9 heteroatoms. The van der Waals surface area contributed by atoms with Crippen LogP contribution in [-0.2, 0) is 21.2 Å². The Hall–Kier alpha value is -2.26. The third kappa shape index (κ3) is 4.23. The standard InChI is InChI=1S/C16H18N4O3S2/c1-2-15-18-19-16(24-15)17-14(21)9-6-12-4-7-13(8-5-12)20-10-3-11-25(20,22)23/h4-9H,2-3,10-11H2,1H3,(H,17,19,21)/b9-6+. The molecule has 7 nitrogen and oxygen atoms in total. The molecule has 1 aliphatic heterocycles. The number of carbonyl (C=O) groups excluding carboxylic acids is 1. The van der Waals surface area contributed by atoms with Gasteiger partial charge in [0, 0.05) is 12.6 Å². The number of anilines is 2. The monoisotopic (exact) mass is 378 g/mol. The van der Waals surface area contributed by atoms with Gasteiger partial charge < -0.3 is 0 Å². The highest BCUT2D eigenvalue weighted by molar-refractivity contribution is 7.93. The summed E-state index contributed by atoms with van der Waals surface area (Å²) in [5, 5.41) is 11.8. The number of benzene rings is 1. The SMILES string of the molecule is CCc1nnc(NC(=O)/C=C/c2ccc(N3CCCS3(=O)=O)cc2)s1. The molecule has 0 aliphatic carbocycles. The summed E-state index contributed by atoms with van der Waals surface area (Å²) in [6.45, 7) is 2.49. The second-order valence-electron chi connectivity index (χ2n) is 5.51. The van der Waals surface area contributed by atoms with Crippen LogP contribution in [0.3, 0.4) is 0 Å². The maximum Gasteiger partial charge on any atom is 0.250 e. The van der Waals surface area contributed by atoms with Crippen LogP contribution in [0.25, 0.3) is 6.08 Å². The number of carbonyl (C=O) groups is 1. The van der Waals surface area contributed by atoms with Crippen LogP contribution in [-0.4, -0.2) is 36.8 Å². The second-order valence-corrected chi connectivity index (χ2v) is 8.59. The lowest BCUT2D eigenvalue weighted by atomic mass is 10.2. The molecule has 1 fully saturated rings. The Balaban J connectivity index is 1.62. The van der Waals surface area contributed by atoms with Crippen LogP contribution in [0.1, 0.15) is 23.9 Å². The van der Waals surface area contributed by atoms with Gasteiger partial charge in [-0.3, -0.25) is 14.4 Å². The topological polar surface area (TPSA) is 92.3 Å². The molecule has 0 bridgehead atoms. The quantitative estimate of drug-likeness (QED) is 0.806. The molecule has 1 saturated heterocycles. The van der Waals surface area contributed by atoms with E-state index in [0.717, 1.165) is 17.0 Å². The molecule has 2 heterocycles. The number of sulfonamides is 1. The van der Waals surface area contributed by atoms with E-state index in [9.17, 15) is 13.2 Å². The Labute approximate surface area is 150 Å². The number of aryl methyl sites for hydroxylation is 1. The lowest BCUT2D eigenvalue weighted by molar-refractivity contribution is -0.111. The van der Waals surface area contributed by atoms with E-state index in [1.807, 2.05) is 6.92 Å². The normalized spacial score (nSPS) is 16.4. The van der Waals surface area contributed by atoms with Gasteiger partial charge in [0.1, 0.15) is 5.01 Å². The molecule has 0 atom stereocenters. The average molecular weight is 378 g/mol. The molecule has 2 aromatic rings. The molecule has 1 aromatic heterocycles. The number of hydrogen-bond acceptors (Lipinski definition) is 6. The van der Waals surface area contributed by atoms with Crippen molar-refractivity contribution >= 4 is 44.2 Å².